The standard InChI is InChI=1S/C26H22N2O4/c1-32-16-4-6-17-15(11-16)3-5-18-22(17)24-20(12-27-26(24)31)23-19-10-14(13-30)2-7-21(19)28(8-9-29)25(18)23/h2,4,6-7,10-11,13,29H,3,5,8-9,12H2,1H3,(H,27,31). The van der Waals surface area contributed by atoms with Crippen LogP contribution in [0.15, 0.2) is 36.4 Å². The summed E-state index contributed by atoms with van der Waals surface area (Å²) in [6.07, 6.45) is 2.48. The van der Waals surface area contributed by atoms with Gasteiger partial charge in [-0.05, 0) is 65.4 Å². The highest BCUT2D eigenvalue weighted by Crippen LogP contribution is 2.47. The average molecular weight is 426 g/mol. The quantitative estimate of drug-likeness (QED) is 0.489. The van der Waals surface area contributed by atoms with Crippen molar-refractivity contribution in [1.82, 2.24) is 9.88 Å². The number of amides is 1. The average Bonchev–Trinajstić information content (AvgIpc) is 3.36. The van der Waals surface area contributed by atoms with Crippen LogP contribution in [0.2, 0.25) is 0 Å². The van der Waals surface area contributed by atoms with Crippen molar-refractivity contribution >= 4 is 34.0 Å². The van der Waals surface area contributed by atoms with Gasteiger partial charge in [0, 0.05) is 40.5 Å². The predicted octanol–water partition coefficient (Wildman–Crippen LogP) is 3.62. The van der Waals surface area contributed by atoms with Gasteiger partial charge in [-0.3, -0.25) is 9.59 Å². The van der Waals surface area contributed by atoms with Crippen LogP contribution in [-0.2, 0) is 25.9 Å². The fraction of sp³-hybridized carbons (Fsp3) is 0.231. The Bertz CT molecular complexity index is 1460. The van der Waals surface area contributed by atoms with Crippen molar-refractivity contribution in [2.45, 2.75) is 25.9 Å². The molecule has 6 heteroatoms. The zero-order chi connectivity index (χ0) is 22.0. The Labute approximate surface area is 184 Å². The van der Waals surface area contributed by atoms with Crippen LogP contribution in [-0.4, -0.2) is 35.6 Å². The number of carbonyl (C=O) groups is 2. The highest BCUT2D eigenvalue weighted by atomic mass is 16.5. The SMILES string of the molecule is COc1ccc2c(c1)CCc1c-2c2c(c3c4cc(C=O)ccc4n(CCO)c13)CNC2=O. The number of aldehydes is 1. The fourth-order valence-corrected chi connectivity index (χ4v) is 5.57. The number of nitrogens with one attached hydrogen (secondary N) is 1. The van der Waals surface area contributed by atoms with Crippen molar-refractivity contribution in [3.05, 3.63) is 64.2 Å². The lowest BCUT2D eigenvalue weighted by Gasteiger charge is -2.25. The Kier molecular flexibility index (Phi) is 4.13. The molecule has 6 rings (SSSR count). The Morgan fingerprint density at radius 3 is 2.78 bits per heavy atom. The third-order valence-corrected chi connectivity index (χ3v) is 6.87. The van der Waals surface area contributed by atoms with Crippen LogP contribution in [0.5, 0.6) is 5.75 Å². The lowest BCUT2D eigenvalue weighted by atomic mass is 9.80. The minimum absolute atomic E-state index is 0.00510. The highest BCUT2D eigenvalue weighted by Gasteiger charge is 2.34. The maximum atomic E-state index is 13.1. The van der Waals surface area contributed by atoms with E-state index in [1.165, 1.54) is 5.56 Å². The van der Waals surface area contributed by atoms with Gasteiger partial charge in [0.25, 0.3) is 5.91 Å². The van der Waals surface area contributed by atoms with Crippen LogP contribution in [0.4, 0.5) is 0 Å². The van der Waals surface area contributed by atoms with Crippen LogP contribution in [0, 0.1) is 0 Å². The largest absolute Gasteiger partial charge is 0.497 e. The Balaban J connectivity index is 1.81. The van der Waals surface area contributed by atoms with Crippen LogP contribution < -0.4 is 10.1 Å². The van der Waals surface area contributed by atoms with Gasteiger partial charge in [-0.15, -0.1) is 0 Å². The molecule has 2 heterocycles. The molecule has 2 N–H and O–H groups in total. The molecule has 1 aliphatic carbocycles. The number of ether oxygens (including phenoxy) is 1. The zero-order valence-electron chi connectivity index (χ0n) is 17.7. The molecule has 6 nitrogen and oxygen atoms in total. The number of methoxy groups -OCH3 is 1. The van der Waals surface area contributed by atoms with Crippen LogP contribution in [0.1, 0.15) is 37.4 Å². The number of aliphatic hydroxyl groups is 1. The van der Waals surface area contributed by atoms with Gasteiger partial charge in [0.2, 0.25) is 0 Å². The van der Waals surface area contributed by atoms with E-state index in [9.17, 15) is 14.7 Å². The molecule has 0 bridgehead atoms. The summed E-state index contributed by atoms with van der Waals surface area (Å²) in [6, 6.07) is 11.7. The number of nitrogens with zero attached hydrogens (tertiary/aromatic N) is 1. The number of aryl methyl sites for hydroxylation is 2. The number of carbonyl (C=O) groups excluding carboxylic acids is 2. The first kappa shape index (κ1) is 19.1. The summed E-state index contributed by atoms with van der Waals surface area (Å²) < 4.78 is 7.57. The van der Waals surface area contributed by atoms with Gasteiger partial charge in [-0.2, -0.15) is 0 Å². The molecule has 0 atom stereocenters. The minimum Gasteiger partial charge on any atom is -0.497 e. The molecule has 2 aliphatic rings. The molecule has 0 unspecified atom stereocenters. The lowest BCUT2D eigenvalue weighted by Crippen LogP contribution is -2.16. The third kappa shape index (κ3) is 2.44. The smallest absolute Gasteiger partial charge is 0.252 e. The number of benzene rings is 3. The van der Waals surface area contributed by atoms with Gasteiger partial charge in [0.1, 0.15) is 12.0 Å². The van der Waals surface area contributed by atoms with Gasteiger partial charge in [-0.1, -0.05) is 6.07 Å². The van der Waals surface area contributed by atoms with Gasteiger partial charge < -0.3 is 19.7 Å². The molecule has 0 saturated heterocycles. The molecular formula is C26H22N2O4. The summed E-state index contributed by atoms with van der Waals surface area (Å²) in [5.41, 5.74) is 8.69. The molecular weight excluding hydrogens is 404 g/mol. The van der Waals surface area contributed by atoms with E-state index in [2.05, 4.69) is 16.0 Å². The molecule has 1 aliphatic heterocycles. The summed E-state index contributed by atoms with van der Waals surface area (Å²) in [4.78, 5) is 24.6. The first-order valence-electron chi connectivity index (χ1n) is 10.8. The lowest BCUT2D eigenvalue weighted by molar-refractivity contribution is 0.0966. The van der Waals surface area contributed by atoms with Crippen molar-refractivity contribution in [1.29, 1.82) is 0 Å². The summed E-state index contributed by atoms with van der Waals surface area (Å²) in [5, 5.41) is 14.8. The van der Waals surface area contributed by atoms with Crippen molar-refractivity contribution in [3.63, 3.8) is 0 Å². The molecule has 160 valence electrons. The van der Waals surface area contributed by atoms with Crippen LogP contribution >= 0.6 is 0 Å². The van der Waals surface area contributed by atoms with E-state index in [0.717, 1.165) is 74.5 Å². The molecule has 0 fully saturated rings. The van der Waals surface area contributed by atoms with Crippen molar-refractivity contribution < 1.29 is 19.4 Å². The maximum Gasteiger partial charge on any atom is 0.252 e. The van der Waals surface area contributed by atoms with Gasteiger partial charge in [0.05, 0.1) is 24.8 Å². The number of aliphatic hydroxyl groups excluding tert-OH is 1. The fourth-order valence-electron chi connectivity index (χ4n) is 5.57. The Morgan fingerprint density at radius 1 is 1.12 bits per heavy atom. The van der Waals surface area contributed by atoms with E-state index in [1.54, 1.807) is 13.2 Å². The van der Waals surface area contributed by atoms with E-state index < -0.39 is 0 Å². The van der Waals surface area contributed by atoms with E-state index in [1.807, 2.05) is 24.3 Å². The number of rotatable bonds is 4. The maximum absolute atomic E-state index is 13.1. The second-order valence-corrected chi connectivity index (χ2v) is 8.41. The molecule has 3 aromatic carbocycles. The molecule has 0 spiro atoms. The van der Waals surface area contributed by atoms with E-state index in [4.69, 9.17) is 4.74 Å². The van der Waals surface area contributed by atoms with E-state index in [-0.39, 0.29) is 12.5 Å². The van der Waals surface area contributed by atoms with Crippen LogP contribution in [0.25, 0.3) is 32.9 Å². The highest BCUT2D eigenvalue weighted by molar-refractivity contribution is 6.20. The van der Waals surface area contributed by atoms with Crippen molar-refractivity contribution in [3.8, 4) is 16.9 Å². The topological polar surface area (TPSA) is 80.6 Å². The molecule has 4 aromatic rings. The summed E-state index contributed by atoms with van der Waals surface area (Å²) in [5.74, 6) is 0.751. The van der Waals surface area contributed by atoms with Gasteiger partial charge >= 0.3 is 0 Å². The Hall–Kier alpha value is -3.64. The molecule has 1 aromatic heterocycles. The number of hydrogen-bond acceptors (Lipinski definition) is 4. The molecule has 0 radical (unpaired) electrons. The van der Waals surface area contributed by atoms with Crippen LogP contribution in [0.3, 0.4) is 0 Å². The van der Waals surface area contributed by atoms with Crippen molar-refractivity contribution in [2.75, 3.05) is 13.7 Å². The van der Waals surface area contributed by atoms with E-state index >= 15 is 0 Å². The minimum atomic E-state index is -0.0589. The first-order valence-corrected chi connectivity index (χ1v) is 10.8. The zero-order valence-corrected chi connectivity index (χ0v) is 17.7. The Morgan fingerprint density at radius 2 is 2.00 bits per heavy atom. The number of aromatic nitrogens is 1. The second-order valence-electron chi connectivity index (χ2n) is 8.41. The molecule has 32 heavy (non-hydrogen) atoms. The van der Waals surface area contributed by atoms with Gasteiger partial charge in [0.15, 0.2) is 0 Å². The first-order chi connectivity index (χ1) is 15.7. The van der Waals surface area contributed by atoms with E-state index in [0.29, 0.717) is 18.7 Å². The number of hydrogen-bond donors (Lipinski definition) is 2. The molecule has 0 saturated carbocycles. The van der Waals surface area contributed by atoms with Crippen molar-refractivity contribution in [2.24, 2.45) is 0 Å². The summed E-state index contributed by atoms with van der Waals surface area (Å²) in [7, 11) is 1.66. The second kappa shape index (κ2) is 6.93. The normalized spacial score (nSPS) is 14.2. The number of fused-ring (bicyclic) bond motifs is 10. The summed E-state index contributed by atoms with van der Waals surface area (Å²) in [6.45, 7) is 0.903. The third-order valence-electron chi connectivity index (χ3n) is 6.87. The predicted molar refractivity (Wildman–Crippen MR) is 122 cm³/mol. The molecule has 1 amide bonds. The van der Waals surface area contributed by atoms with Gasteiger partial charge in [-0.25, -0.2) is 0 Å². The summed E-state index contributed by atoms with van der Waals surface area (Å²) >= 11 is 0. The monoisotopic (exact) mass is 426 g/mol.